The maximum atomic E-state index is 13.4. The number of likely N-dealkylation sites (tertiary alicyclic amines) is 1. The molecule has 1 aromatic rings. The van der Waals surface area contributed by atoms with Crippen molar-refractivity contribution in [3.05, 3.63) is 35.6 Å². The molecular formula is C18H26FN3O2. The van der Waals surface area contributed by atoms with Gasteiger partial charge < -0.3 is 15.4 Å². The van der Waals surface area contributed by atoms with Gasteiger partial charge in [0.25, 0.3) is 0 Å². The maximum Gasteiger partial charge on any atom is 0.315 e. The van der Waals surface area contributed by atoms with Gasteiger partial charge in [-0.3, -0.25) is 4.90 Å². The van der Waals surface area contributed by atoms with E-state index in [9.17, 15) is 9.18 Å². The van der Waals surface area contributed by atoms with E-state index in [1.165, 1.54) is 6.07 Å². The van der Waals surface area contributed by atoms with E-state index in [1.54, 1.807) is 19.2 Å². The molecule has 1 atom stereocenters. The molecule has 0 bridgehead atoms. The van der Waals surface area contributed by atoms with E-state index in [0.717, 1.165) is 51.1 Å². The second-order valence-corrected chi connectivity index (χ2v) is 6.90. The Morgan fingerprint density at radius 3 is 3.00 bits per heavy atom. The van der Waals surface area contributed by atoms with E-state index in [1.807, 2.05) is 6.07 Å². The van der Waals surface area contributed by atoms with Crippen LogP contribution in [0.2, 0.25) is 0 Å². The smallest absolute Gasteiger partial charge is 0.315 e. The van der Waals surface area contributed by atoms with E-state index in [-0.39, 0.29) is 23.3 Å². The number of hydrogen-bond donors (Lipinski definition) is 2. The second-order valence-electron chi connectivity index (χ2n) is 6.90. The number of benzene rings is 1. The highest BCUT2D eigenvalue weighted by atomic mass is 19.1. The molecule has 1 heterocycles. The van der Waals surface area contributed by atoms with Gasteiger partial charge in [0.1, 0.15) is 5.82 Å². The van der Waals surface area contributed by atoms with Crippen LogP contribution in [0.5, 0.6) is 0 Å². The Bertz CT molecular complexity index is 577. The summed E-state index contributed by atoms with van der Waals surface area (Å²) in [5.41, 5.74) is 0.897. The van der Waals surface area contributed by atoms with Crippen LogP contribution in [0, 0.1) is 5.82 Å². The highest BCUT2D eigenvalue weighted by molar-refractivity contribution is 5.74. The number of halogens is 1. The summed E-state index contributed by atoms with van der Waals surface area (Å²) in [4.78, 5) is 14.4. The van der Waals surface area contributed by atoms with E-state index < -0.39 is 0 Å². The minimum absolute atomic E-state index is 0.0837. The van der Waals surface area contributed by atoms with Crippen LogP contribution in [-0.2, 0) is 10.2 Å². The van der Waals surface area contributed by atoms with E-state index in [4.69, 9.17) is 4.74 Å². The van der Waals surface area contributed by atoms with Gasteiger partial charge in [-0.25, -0.2) is 9.18 Å². The Kier molecular flexibility index (Phi) is 5.36. The van der Waals surface area contributed by atoms with E-state index in [2.05, 4.69) is 15.5 Å². The first-order valence-electron chi connectivity index (χ1n) is 8.63. The molecule has 6 heteroatoms. The molecule has 2 N–H and O–H groups in total. The zero-order valence-corrected chi connectivity index (χ0v) is 14.2. The SMILES string of the molecule is COCCN1CC[C@@H](NC(=O)NCC2(c3cccc(F)c3)CC2)C1. The summed E-state index contributed by atoms with van der Waals surface area (Å²) in [5, 5.41) is 6.01. The number of carbonyl (C=O) groups excluding carboxylic acids is 1. The number of rotatable bonds is 7. The summed E-state index contributed by atoms with van der Waals surface area (Å²) in [7, 11) is 1.70. The third-order valence-electron chi connectivity index (χ3n) is 5.10. The molecule has 24 heavy (non-hydrogen) atoms. The first-order chi connectivity index (χ1) is 11.6. The van der Waals surface area contributed by atoms with Gasteiger partial charge in [-0.1, -0.05) is 12.1 Å². The summed E-state index contributed by atoms with van der Waals surface area (Å²) in [6, 6.07) is 6.77. The summed E-state index contributed by atoms with van der Waals surface area (Å²) < 4.78 is 18.5. The average molecular weight is 335 g/mol. The molecule has 2 fully saturated rings. The van der Waals surface area contributed by atoms with Crippen LogP contribution in [0.25, 0.3) is 0 Å². The molecule has 0 aromatic heterocycles. The Balaban J connectivity index is 1.43. The van der Waals surface area contributed by atoms with Crippen LogP contribution in [0.15, 0.2) is 24.3 Å². The van der Waals surface area contributed by atoms with Crippen LogP contribution in [-0.4, -0.2) is 56.9 Å². The van der Waals surface area contributed by atoms with Gasteiger partial charge in [0, 0.05) is 44.7 Å². The molecule has 1 aliphatic heterocycles. The molecule has 132 valence electrons. The summed E-state index contributed by atoms with van der Waals surface area (Å²) in [6.45, 7) is 4.03. The Morgan fingerprint density at radius 2 is 2.29 bits per heavy atom. The van der Waals surface area contributed by atoms with Crippen molar-refractivity contribution < 1.29 is 13.9 Å². The van der Waals surface area contributed by atoms with Crippen molar-refractivity contribution in [2.75, 3.05) is 39.9 Å². The molecule has 5 nitrogen and oxygen atoms in total. The highest BCUT2D eigenvalue weighted by Gasteiger charge is 2.44. The van der Waals surface area contributed by atoms with Crippen molar-refractivity contribution >= 4 is 6.03 Å². The molecule has 1 aromatic carbocycles. The highest BCUT2D eigenvalue weighted by Crippen LogP contribution is 2.47. The van der Waals surface area contributed by atoms with Gasteiger partial charge in [-0.15, -0.1) is 0 Å². The van der Waals surface area contributed by atoms with Gasteiger partial charge in [0.2, 0.25) is 0 Å². The van der Waals surface area contributed by atoms with Crippen LogP contribution in [0.4, 0.5) is 9.18 Å². The topological polar surface area (TPSA) is 53.6 Å². The normalized spacial score (nSPS) is 22.3. The van der Waals surface area contributed by atoms with Gasteiger partial charge in [0.05, 0.1) is 6.61 Å². The molecule has 1 saturated heterocycles. The van der Waals surface area contributed by atoms with E-state index in [0.29, 0.717) is 6.54 Å². The molecule has 0 radical (unpaired) electrons. The molecule has 1 aliphatic carbocycles. The third-order valence-corrected chi connectivity index (χ3v) is 5.10. The number of nitrogens with zero attached hydrogens (tertiary/aromatic N) is 1. The van der Waals surface area contributed by atoms with E-state index >= 15 is 0 Å². The monoisotopic (exact) mass is 335 g/mol. The predicted molar refractivity (Wildman–Crippen MR) is 90.6 cm³/mol. The quantitative estimate of drug-likeness (QED) is 0.800. The molecule has 2 amide bonds. The number of nitrogens with one attached hydrogen (secondary N) is 2. The number of urea groups is 1. The van der Waals surface area contributed by atoms with Gasteiger partial charge in [0.15, 0.2) is 0 Å². The van der Waals surface area contributed by atoms with Gasteiger partial charge in [-0.2, -0.15) is 0 Å². The van der Waals surface area contributed by atoms with Crippen molar-refractivity contribution in [2.24, 2.45) is 0 Å². The number of amides is 2. The lowest BCUT2D eigenvalue weighted by atomic mass is 9.96. The molecule has 0 unspecified atom stereocenters. The number of methoxy groups -OCH3 is 1. The van der Waals surface area contributed by atoms with Crippen molar-refractivity contribution in [3.63, 3.8) is 0 Å². The minimum Gasteiger partial charge on any atom is -0.383 e. The fourth-order valence-corrected chi connectivity index (χ4v) is 3.40. The summed E-state index contributed by atoms with van der Waals surface area (Å²) in [6.07, 6.45) is 2.95. The zero-order chi connectivity index (χ0) is 17.0. The van der Waals surface area contributed by atoms with Gasteiger partial charge in [-0.05, 0) is 37.0 Å². The second kappa shape index (κ2) is 7.49. The van der Waals surface area contributed by atoms with Crippen LogP contribution in [0.3, 0.4) is 0 Å². The number of carbonyl (C=O) groups is 1. The predicted octanol–water partition coefficient (Wildman–Crippen LogP) is 1.88. The molecule has 2 aliphatic rings. The van der Waals surface area contributed by atoms with Gasteiger partial charge >= 0.3 is 6.03 Å². The largest absolute Gasteiger partial charge is 0.383 e. The van der Waals surface area contributed by atoms with Crippen LogP contribution >= 0.6 is 0 Å². The third kappa shape index (κ3) is 4.24. The lowest BCUT2D eigenvalue weighted by Crippen LogP contribution is -2.45. The first-order valence-corrected chi connectivity index (χ1v) is 8.63. The first kappa shape index (κ1) is 17.2. The van der Waals surface area contributed by atoms with Crippen LogP contribution in [0.1, 0.15) is 24.8 Å². The fourth-order valence-electron chi connectivity index (χ4n) is 3.40. The molecule has 1 saturated carbocycles. The minimum atomic E-state index is -0.217. The van der Waals surface area contributed by atoms with Crippen molar-refractivity contribution in [1.82, 2.24) is 15.5 Å². The average Bonchev–Trinajstić information content (AvgIpc) is 3.25. The summed E-state index contributed by atoms with van der Waals surface area (Å²) in [5.74, 6) is -0.217. The van der Waals surface area contributed by atoms with Crippen LogP contribution < -0.4 is 10.6 Å². The standard InChI is InChI=1S/C18H26FN3O2/c1-24-10-9-22-8-5-16(12-22)21-17(23)20-13-18(6-7-18)14-3-2-4-15(19)11-14/h2-4,11,16H,5-10,12-13H2,1H3,(H2,20,21,23)/t16-/m1/s1. The van der Waals surface area contributed by atoms with Crippen molar-refractivity contribution in [3.8, 4) is 0 Å². The Hall–Kier alpha value is -1.66. The summed E-state index contributed by atoms with van der Waals surface area (Å²) >= 11 is 0. The number of hydrogen-bond acceptors (Lipinski definition) is 3. The lowest BCUT2D eigenvalue weighted by Gasteiger charge is -2.19. The Labute approximate surface area is 142 Å². The Morgan fingerprint density at radius 1 is 1.46 bits per heavy atom. The molecular weight excluding hydrogens is 309 g/mol. The fraction of sp³-hybridized carbons (Fsp3) is 0.611. The maximum absolute atomic E-state index is 13.4. The zero-order valence-electron chi connectivity index (χ0n) is 14.2. The van der Waals surface area contributed by atoms with Crippen molar-refractivity contribution in [1.29, 1.82) is 0 Å². The van der Waals surface area contributed by atoms with Crippen molar-refractivity contribution in [2.45, 2.75) is 30.7 Å². The number of ether oxygens (including phenoxy) is 1. The molecule has 3 rings (SSSR count). The molecule has 0 spiro atoms. The lowest BCUT2D eigenvalue weighted by molar-refractivity contribution is 0.159.